The quantitative estimate of drug-likeness (QED) is 0.0988. The zero-order chi connectivity index (χ0) is 34.7. The van der Waals surface area contributed by atoms with Gasteiger partial charge < -0.3 is 26.2 Å². The number of aryl methyl sites for hydroxylation is 1. The second-order valence-corrected chi connectivity index (χ2v) is 10.4. The van der Waals surface area contributed by atoms with Crippen molar-refractivity contribution in [1.82, 2.24) is 14.5 Å². The van der Waals surface area contributed by atoms with Crippen LogP contribution in [0.5, 0.6) is 0 Å². The van der Waals surface area contributed by atoms with Crippen molar-refractivity contribution in [2.75, 3.05) is 29.6 Å². The van der Waals surface area contributed by atoms with Gasteiger partial charge in [0, 0.05) is 34.0 Å². The number of alkyl halides is 3. The van der Waals surface area contributed by atoms with Crippen molar-refractivity contribution in [2.24, 2.45) is 0 Å². The molecule has 1 unspecified atom stereocenters. The lowest BCUT2D eigenvalue weighted by atomic mass is 10.0. The van der Waals surface area contributed by atoms with Gasteiger partial charge in [-0.2, -0.15) is 18.2 Å². The van der Waals surface area contributed by atoms with Gasteiger partial charge in [-0.05, 0) is 61.0 Å². The van der Waals surface area contributed by atoms with E-state index in [1.165, 1.54) is 12.1 Å². The number of carbonyl (C=O) groups is 2. The van der Waals surface area contributed by atoms with Crippen molar-refractivity contribution < 1.29 is 41.4 Å². The molecule has 1 atom stereocenters. The zero-order valence-corrected chi connectivity index (χ0v) is 24.8. The SMILES string of the molecule is Cc1ccc(NC(=O)c2cccc(N)c2)cc1-c1nc(NC(CO)COC(=O)C(F)(F)F)nc2c1ccc(=O)n2-c1c(F)cccc1F. The number of amides is 1. The third-order valence-electron chi connectivity index (χ3n) is 7.01. The van der Waals surface area contributed by atoms with E-state index >= 15 is 8.78 Å². The van der Waals surface area contributed by atoms with E-state index in [2.05, 4.69) is 25.3 Å². The van der Waals surface area contributed by atoms with E-state index in [0.29, 0.717) is 27.1 Å². The molecule has 0 bridgehead atoms. The van der Waals surface area contributed by atoms with Gasteiger partial charge in [0.2, 0.25) is 5.95 Å². The molecule has 11 nitrogen and oxygen atoms in total. The number of nitrogens with zero attached hydrogens (tertiary/aromatic N) is 3. The summed E-state index contributed by atoms with van der Waals surface area (Å²) in [5, 5.41) is 15.2. The highest BCUT2D eigenvalue weighted by atomic mass is 19.4. The van der Waals surface area contributed by atoms with Gasteiger partial charge in [0.05, 0.1) is 18.3 Å². The van der Waals surface area contributed by atoms with Crippen molar-refractivity contribution in [2.45, 2.75) is 19.1 Å². The first kappa shape index (κ1) is 33.5. The van der Waals surface area contributed by atoms with E-state index in [1.54, 1.807) is 43.3 Å². The van der Waals surface area contributed by atoms with Crippen LogP contribution in [0.3, 0.4) is 0 Å². The van der Waals surface area contributed by atoms with Crippen LogP contribution >= 0.6 is 0 Å². The third kappa shape index (κ3) is 7.07. The smallest absolute Gasteiger partial charge is 0.457 e. The summed E-state index contributed by atoms with van der Waals surface area (Å²) in [6.45, 7) is -0.144. The van der Waals surface area contributed by atoms with Crippen molar-refractivity contribution in [3.8, 4) is 16.9 Å². The maximum atomic E-state index is 15.0. The standard InChI is InChI=1S/C32H25F5N6O5/c1-16-8-9-19(39-29(46)17-4-2-5-18(38)12-17)13-22(16)26-21-10-11-25(45)43(27-23(33)6-3-7-24(27)34)28(21)42-31(41-26)40-20(14-44)15-48-30(47)32(35,36)37/h2-13,20,44H,14-15,38H2,1H3,(H,39,46)(H,40,41,42). The van der Waals surface area contributed by atoms with Crippen molar-refractivity contribution in [3.05, 3.63) is 106 Å². The van der Waals surface area contributed by atoms with Crippen molar-refractivity contribution in [1.29, 1.82) is 0 Å². The number of aromatic nitrogens is 3. The Morgan fingerprint density at radius 2 is 1.71 bits per heavy atom. The molecule has 2 heterocycles. The Morgan fingerprint density at radius 1 is 1.00 bits per heavy atom. The summed E-state index contributed by atoms with van der Waals surface area (Å²) in [4.78, 5) is 46.1. The van der Waals surface area contributed by atoms with Crippen LogP contribution in [0.15, 0.2) is 77.6 Å². The number of esters is 1. The van der Waals surface area contributed by atoms with E-state index in [9.17, 15) is 32.7 Å². The average molecular weight is 669 g/mol. The summed E-state index contributed by atoms with van der Waals surface area (Å²) in [7, 11) is 0. The van der Waals surface area contributed by atoms with Gasteiger partial charge in [0.15, 0.2) is 5.65 Å². The van der Waals surface area contributed by atoms with Crippen LogP contribution in [0.2, 0.25) is 0 Å². The number of aliphatic hydroxyl groups is 1. The van der Waals surface area contributed by atoms with Gasteiger partial charge >= 0.3 is 12.1 Å². The number of nitrogens with two attached hydrogens (primary N) is 1. The number of carbonyl (C=O) groups excluding carboxylic acids is 2. The number of hydrogen-bond donors (Lipinski definition) is 4. The lowest BCUT2D eigenvalue weighted by Crippen LogP contribution is -2.35. The molecular weight excluding hydrogens is 643 g/mol. The van der Waals surface area contributed by atoms with Gasteiger partial charge in [-0.25, -0.2) is 18.6 Å². The highest BCUT2D eigenvalue weighted by molar-refractivity contribution is 6.05. The number of ether oxygens (including phenoxy) is 1. The Morgan fingerprint density at radius 3 is 2.38 bits per heavy atom. The number of anilines is 3. The van der Waals surface area contributed by atoms with Crippen LogP contribution in [0.4, 0.5) is 39.3 Å². The Balaban J connectivity index is 1.67. The number of pyridine rings is 1. The largest absolute Gasteiger partial charge is 0.490 e. The fourth-order valence-electron chi connectivity index (χ4n) is 4.72. The molecule has 0 fully saturated rings. The summed E-state index contributed by atoms with van der Waals surface area (Å²) in [5.74, 6) is -5.61. The molecule has 5 aromatic rings. The second-order valence-electron chi connectivity index (χ2n) is 10.4. The minimum Gasteiger partial charge on any atom is -0.457 e. The first-order chi connectivity index (χ1) is 22.8. The molecule has 0 saturated heterocycles. The minimum atomic E-state index is -5.29. The molecule has 0 aliphatic rings. The summed E-state index contributed by atoms with van der Waals surface area (Å²) >= 11 is 0. The lowest BCUT2D eigenvalue weighted by Gasteiger charge is -2.20. The van der Waals surface area contributed by atoms with Gasteiger partial charge in [0.1, 0.15) is 23.9 Å². The first-order valence-electron chi connectivity index (χ1n) is 14.0. The normalized spacial score (nSPS) is 12.1. The number of rotatable bonds is 9. The monoisotopic (exact) mass is 668 g/mol. The predicted octanol–water partition coefficient (Wildman–Crippen LogP) is 4.75. The Bertz CT molecular complexity index is 2080. The maximum absolute atomic E-state index is 15.0. The van der Waals surface area contributed by atoms with Gasteiger partial charge in [-0.15, -0.1) is 0 Å². The number of aliphatic hydroxyl groups excluding tert-OH is 1. The van der Waals surface area contributed by atoms with Crippen molar-refractivity contribution >= 4 is 40.2 Å². The van der Waals surface area contributed by atoms with Gasteiger partial charge in [-0.3, -0.25) is 14.2 Å². The van der Waals surface area contributed by atoms with Crippen LogP contribution in [-0.2, 0) is 9.53 Å². The van der Waals surface area contributed by atoms with Gasteiger partial charge in [-0.1, -0.05) is 18.2 Å². The van der Waals surface area contributed by atoms with Crippen LogP contribution in [0.1, 0.15) is 15.9 Å². The molecule has 1 amide bonds. The molecule has 248 valence electrons. The number of benzene rings is 3. The van der Waals surface area contributed by atoms with Crippen molar-refractivity contribution in [3.63, 3.8) is 0 Å². The maximum Gasteiger partial charge on any atom is 0.490 e. The molecule has 16 heteroatoms. The Kier molecular flexibility index (Phi) is 9.38. The molecule has 3 aromatic carbocycles. The molecule has 2 aromatic heterocycles. The molecule has 5 N–H and O–H groups in total. The fraction of sp³-hybridized carbons (Fsp3) is 0.156. The number of fused-ring (bicyclic) bond motifs is 1. The van der Waals surface area contributed by atoms with Crippen LogP contribution < -0.4 is 21.9 Å². The molecule has 0 spiro atoms. The molecule has 0 aliphatic carbocycles. The van der Waals surface area contributed by atoms with E-state index in [4.69, 9.17) is 5.73 Å². The Labute approximate surface area is 267 Å². The first-order valence-corrected chi connectivity index (χ1v) is 14.0. The summed E-state index contributed by atoms with van der Waals surface area (Å²) in [6, 6.07) is 15.0. The molecule has 48 heavy (non-hydrogen) atoms. The number of halogens is 5. The number of hydrogen-bond acceptors (Lipinski definition) is 9. The predicted molar refractivity (Wildman–Crippen MR) is 166 cm³/mol. The highest BCUT2D eigenvalue weighted by Crippen LogP contribution is 2.33. The summed E-state index contributed by atoms with van der Waals surface area (Å²) in [6.07, 6.45) is -5.29. The van der Waals surface area contributed by atoms with Crippen LogP contribution in [0.25, 0.3) is 28.0 Å². The van der Waals surface area contributed by atoms with Crippen LogP contribution in [-0.4, -0.2) is 56.9 Å². The number of nitrogens with one attached hydrogen (secondary N) is 2. The van der Waals surface area contributed by atoms with E-state index in [1.807, 2.05) is 0 Å². The highest BCUT2D eigenvalue weighted by Gasteiger charge is 2.41. The van der Waals surface area contributed by atoms with E-state index in [-0.39, 0.29) is 22.3 Å². The van der Waals surface area contributed by atoms with Crippen LogP contribution in [0, 0.1) is 18.6 Å². The second kappa shape index (κ2) is 13.4. The van der Waals surface area contributed by atoms with E-state index in [0.717, 1.165) is 24.3 Å². The molecule has 5 rings (SSSR count). The zero-order valence-electron chi connectivity index (χ0n) is 24.8. The molecule has 0 radical (unpaired) electrons. The number of nitrogen functional groups attached to an aromatic ring is 1. The molecule has 0 aliphatic heterocycles. The van der Waals surface area contributed by atoms with Gasteiger partial charge in [0.25, 0.3) is 11.5 Å². The van der Waals surface area contributed by atoms with E-state index < -0.39 is 66.1 Å². The number of para-hydroxylation sites is 1. The summed E-state index contributed by atoms with van der Waals surface area (Å²) in [5.41, 5.74) is 5.75. The molecular formula is C32H25F5N6O5. The minimum absolute atomic E-state index is 0.0644. The topological polar surface area (TPSA) is 161 Å². The lowest BCUT2D eigenvalue weighted by molar-refractivity contribution is -0.200. The molecule has 0 saturated carbocycles. The Hall–Kier alpha value is -5.90. The third-order valence-corrected chi connectivity index (χ3v) is 7.01. The fourth-order valence-corrected chi connectivity index (χ4v) is 4.72. The summed E-state index contributed by atoms with van der Waals surface area (Å²) < 4.78 is 73.1. The average Bonchev–Trinajstić information content (AvgIpc) is 3.03.